The molecule has 0 unspecified atom stereocenters. The predicted octanol–water partition coefficient (Wildman–Crippen LogP) is 4.46. The molecule has 2 heterocycles. The van der Waals surface area contributed by atoms with Gasteiger partial charge in [-0.1, -0.05) is 30.3 Å². The highest BCUT2D eigenvalue weighted by Crippen LogP contribution is 2.48. The van der Waals surface area contributed by atoms with Gasteiger partial charge in [-0.05, 0) is 58.0 Å². The zero-order valence-electron chi connectivity index (χ0n) is 20.1. The number of likely N-dealkylation sites (tertiary alicyclic amines) is 2. The third kappa shape index (κ3) is 5.35. The molecule has 2 saturated heterocycles. The van der Waals surface area contributed by atoms with E-state index in [2.05, 4.69) is 16.3 Å². The zero-order chi connectivity index (χ0) is 24.7. The monoisotopic (exact) mass is 484 g/mol. The fourth-order valence-electron chi connectivity index (χ4n) is 5.67. The highest BCUT2D eigenvalue weighted by atomic mass is 19.3. The van der Waals surface area contributed by atoms with E-state index in [1.54, 1.807) is 23.1 Å². The molecule has 188 valence electrons. The number of halogens is 2. The van der Waals surface area contributed by atoms with Crippen LogP contribution in [0.15, 0.2) is 30.3 Å². The van der Waals surface area contributed by atoms with E-state index in [9.17, 15) is 23.6 Å². The van der Waals surface area contributed by atoms with Crippen molar-refractivity contribution >= 4 is 11.8 Å². The number of alkyl halides is 2. The van der Waals surface area contributed by atoms with E-state index in [-0.39, 0.29) is 35.6 Å². The largest absolute Gasteiger partial charge is 0.328 e. The van der Waals surface area contributed by atoms with Gasteiger partial charge in [-0.3, -0.25) is 4.79 Å². The lowest BCUT2D eigenvalue weighted by Gasteiger charge is -2.54. The van der Waals surface area contributed by atoms with E-state index in [0.29, 0.717) is 25.9 Å². The molecule has 0 bridgehead atoms. The second-order valence-electron chi connectivity index (χ2n) is 11.3. The normalized spacial score (nSPS) is 23.7. The summed E-state index contributed by atoms with van der Waals surface area (Å²) in [5, 5.41) is 12.1. The SMILES string of the molecule is N#CC1(CC(=O)[C@H](CCC(F)(F)c2ccccc2)NC(=O)N2CC3(CCN(C4CC4)CC3)C2)CC1. The van der Waals surface area contributed by atoms with Crippen LogP contribution in [0.1, 0.15) is 63.4 Å². The second kappa shape index (κ2) is 9.16. The summed E-state index contributed by atoms with van der Waals surface area (Å²) in [6.07, 6.45) is 5.32. The maximum atomic E-state index is 14.8. The number of Topliss-reactive ketones (excluding diaryl/α,β-unsaturated/α-hetero) is 1. The predicted molar refractivity (Wildman–Crippen MR) is 127 cm³/mol. The smallest absolute Gasteiger partial charge is 0.318 e. The third-order valence-corrected chi connectivity index (χ3v) is 8.49. The fourth-order valence-corrected chi connectivity index (χ4v) is 5.67. The molecule has 8 heteroatoms. The van der Waals surface area contributed by atoms with Gasteiger partial charge in [0.25, 0.3) is 5.92 Å². The number of benzene rings is 1. The summed E-state index contributed by atoms with van der Waals surface area (Å²) in [7, 11) is 0. The Morgan fingerprint density at radius 1 is 1.11 bits per heavy atom. The minimum atomic E-state index is -3.10. The molecule has 1 atom stereocenters. The Kier molecular flexibility index (Phi) is 6.33. The van der Waals surface area contributed by atoms with Gasteiger partial charge in [0.15, 0.2) is 5.78 Å². The topological polar surface area (TPSA) is 76.4 Å². The van der Waals surface area contributed by atoms with Gasteiger partial charge < -0.3 is 15.1 Å². The van der Waals surface area contributed by atoms with Gasteiger partial charge in [0.2, 0.25) is 0 Å². The molecular weight excluding hydrogens is 450 g/mol. The number of carbonyl (C=O) groups excluding carboxylic acids is 2. The van der Waals surface area contributed by atoms with Crippen LogP contribution in [-0.2, 0) is 10.7 Å². The standard InChI is InChI=1S/C27H34F2N4O2/c28-27(29,20-4-2-1-3-5-20)9-8-22(23(34)16-25(17-30)10-11-25)31-24(35)33-18-26(19-33)12-14-32(15-13-26)21-6-7-21/h1-5,21-22H,6-16,18-19H2,(H,31,35)/t22-/m0/s1. The van der Waals surface area contributed by atoms with Crippen molar-refractivity contribution in [2.75, 3.05) is 26.2 Å². The number of hydrogen-bond donors (Lipinski definition) is 1. The molecule has 2 aliphatic heterocycles. The Labute approximate surface area is 205 Å². The summed E-state index contributed by atoms with van der Waals surface area (Å²) < 4.78 is 29.6. The van der Waals surface area contributed by atoms with Crippen LogP contribution in [0.5, 0.6) is 0 Å². The lowest BCUT2D eigenvalue weighted by Crippen LogP contribution is -2.64. The Morgan fingerprint density at radius 3 is 2.34 bits per heavy atom. The van der Waals surface area contributed by atoms with Crippen molar-refractivity contribution in [3.8, 4) is 6.07 Å². The van der Waals surface area contributed by atoms with Crippen LogP contribution >= 0.6 is 0 Å². The Morgan fingerprint density at radius 2 is 1.77 bits per heavy atom. The molecule has 4 fully saturated rings. The van der Waals surface area contributed by atoms with Gasteiger partial charge in [0, 0.05) is 43.0 Å². The second-order valence-corrected chi connectivity index (χ2v) is 11.3. The first-order chi connectivity index (χ1) is 16.7. The molecule has 1 aromatic carbocycles. The zero-order valence-corrected chi connectivity index (χ0v) is 20.1. The highest BCUT2D eigenvalue weighted by Gasteiger charge is 2.49. The van der Waals surface area contributed by atoms with Crippen LogP contribution in [-0.4, -0.2) is 59.9 Å². The van der Waals surface area contributed by atoms with Crippen LogP contribution in [0.3, 0.4) is 0 Å². The van der Waals surface area contributed by atoms with E-state index in [4.69, 9.17) is 0 Å². The minimum Gasteiger partial charge on any atom is -0.328 e. The average molecular weight is 485 g/mol. The lowest BCUT2D eigenvalue weighted by atomic mass is 9.72. The first kappa shape index (κ1) is 24.2. The number of nitrogens with one attached hydrogen (secondary N) is 1. The number of nitriles is 1. The quantitative estimate of drug-likeness (QED) is 0.562. The summed E-state index contributed by atoms with van der Waals surface area (Å²) in [6, 6.07) is 9.13. The molecule has 1 N–H and O–H groups in total. The number of amides is 2. The van der Waals surface area contributed by atoms with E-state index in [1.165, 1.54) is 25.0 Å². The molecular formula is C27H34F2N4O2. The number of hydrogen-bond acceptors (Lipinski definition) is 4. The summed E-state index contributed by atoms with van der Waals surface area (Å²) >= 11 is 0. The van der Waals surface area contributed by atoms with Crippen molar-refractivity contribution in [3.05, 3.63) is 35.9 Å². The Bertz CT molecular complexity index is 984. The molecule has 1 aromatic rings. The van der Waals surface area contributed by atoms with Crippen molar-refractivity contribution in [1.29, 1.82) is 5.26 Å². The van der Waals surface area contributed by atoms with Gasteiger partial charge in [-0.2, -0.15) is 5.26 Å². The Hall–Kier alpha value is -2.53. The van der Waals surface area contributed by atoms with E-state index >= 15 is 0 Å². The maximum Gasteiger partial charge on any atom is 0.318 e. The summed E-state index contributed by atoms with van der Waals surface area (Å²) in [5.41, 5.74) is -0.629. The van der Waals surface area contributed by atoms with Crippen molar-refractivity contribution in [2.45, 2.75) is 75.8 Å². The Balaban J connectivity index is 1.18. The molecule has 2 aliphatic carbocycles. The van der Waals surface area contributed by atoms with E-state index in [1.807, 2.05) is 0 Å². The number of carbonyl (C=O) groups is 2. The summed E-state index contributed by atoms with van der Waals surface area (Å²) in [5.74, 6) is -3.43. The lowest BCUT2D eigenvalue weighted by molar-refractivity contribution is -0.122. The van der Waals surface area contributed by atoms with Crippen LogP contribution < -0.4 is 5.32 Å². The first-order valence-electron chi connectivity index (χ1n) is 12.9. The third-order valence-electron chi connectivity index (χ3n) is 8.49. The summed E-state index contributed by atoms with van der Waals surface area (Å²) in [4.78, 5) is 30.3. The fraction of sp³-hybridized carbons (Fsp3) is 0.667. The van der Waals surface area contributed by atoms with Crippen LogP contribution in [0, 0.1) is 22.2 Å². The highest BCUT2D eigenvalue weighted by molar-refractivity contribution is 5.89. The number of urea groups is 1. The molecule has 4 aliphatic rings. The molecule has 2 saturated carbocycles. The van der Waals surface area contributed by atoms with Gasteiger partial charge >= 0.3 is 6.03 Å². The molecule has 2 amide bonds. The molecule has 35 heavy (non-hydrogen) atoms. The van der Waals surface area contributed by atoms with Crippen molar-refractivity contribution in [2.24, 2.45) is 10.8 Å². The van der Waals surface area contributed by atoms with Gasteiger partial charge in [-0.25, -0.2) is 13.6 Å². The number of ketones is 1. The van der Waals surface area contributed by atoms with Crippen molar-refractivity contribution in [1.82, 2.24) is 15.1 Å². The van der Waals surface area contributed by atoms with Gasteiger partial charge in [0.05, 0.1) is 17.5 Å². The summed E-state index contributed by atoms with van der Waals surface area (Å²) in [6.45, 7) is 3.46. The van der Waals surface area contributed by atoms with Gasteiger partial charge in [0.1, 0.15) is 0 Å². The average Bonchev–Trinajstić information content (AvgIpc) is 3.76. The van der Waals surface area contributed by atoms with E-state index in [0.717, 1.165) is 32.0 Å². The van der Waals surface area contributed by atoms with Crippen molar-refractivity contribution < 1.29 is 18.4 Å². The van der Waals surface area contributed by atoms with Crippen LogP contribution in [0.25, 0.3) is 0 Å². The number of rotatable bonds is 9. The van der Waals surface area contributed by atoms with Gasteiger partial charge in [-0.15, -0.1) is 0 Å². The number of piperidine rings is 1. The molecule has 5 rings (SSSR count). The molecule has 6 nitrogen and oxygen atoms in total. The molecule has 0 aromatic heterocycles. The number of nitrogens with zero attached hydrogens (tertiary/aromatic N) is 3. The molecule has 0 radical (unpaired) electrons. The minimum absolute atomic E-state index is 0.00624. The van der Waals surface area contributed by atoms with E-state index < -0.39 is 23.8 Å². The van der Waals surface area contributed by atoms with Crippen LogP contribution in [0.2, 0.25) is 0 Å². The maximum absolute atomic E-state index is 14.8. The van der Waals surface area contributed by atoms with Crippen molar-refractivity contribution in [3.63, 3.8) is 0 Å². The molecule has 1 spiro atoms. The first-order valence-corrected chi connectivity index (χ1v) is 12.9. The van der Waals surface area contributed by atoms with Crippen LogP contribution in [0.4, 0.5) is 13.6 Å².